The first-order valence-electron chi connectivity index (χ1n) is 5.17. The van der Waals surface area contributed by atoms with Gasteiger partial charge in [0.25, 0.3) is 0 Å². The number of rotatable bonds is 5. The average Bonchev–Trinajstić information content (AvgIpc) is 2.25. The number of aliphatic imine (C=N–C) groups is 1. The van der Waals surface area contributed by atoms with Crippen LogP contribution in [-0.4, -0.2) is 42.0 Å². The minimum Gasteiger partial charge on any atom is -0.302 e. The third kappa shape index (κ3) is 6.37. The Morgan fingerprint density at radius 3 is 2.53 bits per heavy atom. The standard InChI is InChI=1S/C10H20N4S/c1-5-14(6-2)7-9(3)13-10(15-4)12-8-11/h9H,5-7H2,1-4H3,(H,12,13). The molecule has 0 aliphatic rings. The highest BCUT2D eigenvalue weighted by Gasteiger charge is 2.06. The van der Waals surface area contributed by atoms with Crippen molar-refractivity contribution in [3.05, 3.63) is 0 Å². The molecule has 0 aromatic carbocycles. The van der Waals surface area contributed by atoms with Crippen molar-refractivity contribution in [1.82, 2.24) is 10.2 Å². The van der Waals surface area contributed by atoms with Gasteiger partial charge in [-0.05, 0) is 26.3 Å². The van der Waals surface area contributed by atoms with Crippen molar-refractivity contribution in [2.75, 3.05) is 25.9 Å². The van der Waals surface area contributed by atoms with E-state index >= 15 is 0 Å². The monoisotopic (exact) mass is 228 g/mol. The van der Waals surface area contributed by atoms with E-state index in [4.69, 9.17) is 5.26 Å². The largest absolute Gasteiger partial charge is 0.302 e. The SMILES string of the molecule is CCN(CC)CC(C)N=C(NC#N)SC. The van der Waals surface area contributed by atoms with Gasteiger partial charge in [0.2, 0.25) is 0 Å². The molecule has 86 valence electrons. The third-order valence-corrected chi connectivity index (χ3v) is 2.70. The van der Waals surface area contributed by atoms with Gasteiger partial charge < -0.3 is 4.90 Å². The Morgan fingerprint density at radius 1 is 1.53 bits per heavy atom. The second-order valence-electron chi connectivity index (χ2n) is 3.21. The summed E-state index contributed by atoms with van der Waals surface area (Å²) in [6, 6.07) is 0.216. The van der Waals surface area contributed by atoms with Gasteiger partial charge in [-0.1, -0.05) is 25.6 Å². The highest BCUT2D eigenvalue weighted by atomic mass is 32.2. The number of hydrogen-bond donors (Lipinski definition) is 1. The summed E-state index contributed by atoms with van der Waals surface area (Å²) in [6.45, 7) is 9.36. The van der Waals surface area contributed by atoms with Gasteiger partial charge in [-0.15, -0.1) is 0 Å². The van der Waals surface area contributed by atoms with E-state index in [2.05, 4.69) is 36.0 Å². The highest BCUT2D eigenvalue weighted by Crippen LogP contribution is 2.01. The zero-order valence-electron chi connectivity index (χ0n) is 9.95. The second kappa shape index (κ2) is 8.57. The molecule has 0 fully saturated rings. The zero-order chi connectivity index (χ0) is 11.7. The van der Waals surface area contributed by atoms with Gasteiger partial charge in [-0.25, -0.2) is 0 Å². The van der Waals surface area contributed by atoms with E-state index in [9.17, 15) is 0 Å². The van der Waals surface area contributed by atoms with Crippen LogP contribution in [0.25, 0.3) is 0 Å². The van der Waals surface area contributed by atoms with Gasteiger partial charge >= 0.3 is 0 Å². The van der Waals surface area contributed by atoms with E-state index in [-0.39, 0.29) is 6.04 Å². The first kappa shape index (κ1) is 14.3. The molecule has 1 N–H and O–H groups in total. The lowest BCUT2D eigenvalue weighted by Crippen LogP contribution is -2.31. The molecule has 0 aromatic heterocycles. The van der Waals surface area contributed by atoms with Gasteiger partial charge in [0, 0.05) is 6.54 Å². The van der Waals surface area contributed by atoms with Gasteiger partial charge in [-0.3, -0.25) is 10.3 Å². The molecule has 0 amide bonds. The van der Waals surface area contributed by atoms with E-state index < -0.39 is 0 Å². The third-order valence-electron chi connectivity index (χ3n) is 2.11. The van der Waals surface area contributed by atoms with Crippen molar-refractivity contribution < 1.29 is 0 Å². The minimum absolute atomic E-state index is 0.216. The summed E-state index contributed by atoms with van der Waals surface area (Å²) in [5.74, 6) is 0. The number of nitriles is 1. The molecule has 0 radical (unpaired) electrons. The van der Waals surface area contributed by atoms with Gasteiger partial charge in [0.15, 0.2) is 11.4 Å². The maximum Gasteiger partial charge on any atom is 0.183 e. The number of likely N-dealkylation sites (N-methyl/N-ethyl adjacent to an activating group) is 1. The van der Waals surface area contributed by atoms with E-state index in [0.29, 0.717) is 5.17 Å². The van der Waals surface area contributed by atoms with Gasteiger partial charge in [-0.2, -0.15) is 5.26 Å². The summed E-state index contributed by atoms with van der Waals surface area (Å²) in [7, 11) is 0. The Morgan fingerprint density at radius 2 is 2.13 bits per heavy atom. The second-order valence-corrected chi connectivity index (χ2v) is 4.00. The fourth-order valence-corrected chi connectivity index (χ4v) is 1.71. The van der Waals surface area contributed by atoms with E-state index in [0.717, 1.165) is 19.6 Å². The first-order chi connectivity index (χ1) is 7.17. The average molecular weight is 228 g/mol. The molecule has 1 atom stereocenters. The Hall–Kier alpha value is -0.730. The molecule has 0 rings (SSSR count). The van der Waals surface area contributed by atoms with Gasteiger partial charge in [0.05, 0.1) is 6.04 Å². The van der Waals surface area contributed by atoms with Crippen molar-refractivity contribution in [2.24, 2.45) is 4.99 Å². The summed E-state index contributed by atoms with van der Waals surface area (Å²) in [5.41, 5.74) is 0. The van der Waals surface area contributed by atoms with Crippen molar-refractivity contribution in [1.29, 1.82) is 5.26 Å². The smallest absolute Gasteiger partial charge is 0.183 e. The van der Waals surface area contributed by atoms with Crippen LogP contribution in [0.3, 0.4) is 0 Å². The van der Waals surface area contributed by atoms with Crippen molar-refractivity contribution in [3.8, 4) is 6.19 Å². The van der Waals surface area contributed by atoms with Crippen molar-refractivity contribution >= 4 is 16.9 Å². The number of amidine groups is 1. The molecular weight excluding hydrogens is 208 g/mol. The minimum atomic E-state index is 0.216. The molecule has 0 saturated carbocycles. The maximum absolute atomic E-state index is 8.49. The predicted molar refractivity (Wildman–Crippen MR) is 66.9 cm³/mol. The molecule has 0 aromatic rings. The summed E-state index contributed by atoms with van der Waals surface area (Å²) >= 11 is 1.46. The van der Waals surface area contributed by atoms with E-state index in [1.165, 1.54) is 11.8 Å². The molecule has 4 nitrogen and oxygen atoms in total. The zero-order valence-corrected chi connectivity index (χ0v) is 10.8. The van der Waals surface area contributed by atoms with Crippen molar-refractivity contribution in [3.63, 3.8) is 0 Å². The Kier molecular flexibility index (Phi) is 8.15. The van der Waals surface area contributed by atoms with Crippen LogP contribution in [0.4, 0.5) is 0 Å². The first-order valence-corrected chi connectivity index (χ1v) is 6.39. The lowest BCUT2D eigenvalue weighted by molar-refractivity contribution is 0.289. The highest BCUT2D eigenvalue weighted by molar-refractivity contribution is 8.13. The normalized spacial score (nSPS) is 13.7. The molecule has 0 spiro atoms. The van der Waals surface area contributed by atoms with Crippen LogP contribution in [0.2, 0.25) is 0 Å². The number of nitrogens with one attached hydrogen (secondary N) is 1. The summed E-state index contributed by atoms with van der Waals surface area (Å²) in [4.78, 5) is 6.74. The van der Waals surface area contributed by atoms with Crippen LogP contribution in [0.1, 0.15) is 20.8 Å². The lowest BCUT2D eigenvalue weighted by Gasteiger charge is -2.20. The molecule has 0 heterocycles. The fourth-order valence-electron chi connectivity index (χ4n) is 1.28. The Balaban J connectivity index is 4.19. The topological polar surface area (TPSA) is 51.4 Å². The molecule has 15 heavy (non-hydrogen) atoms. The molecule has 0 saturated heterocycles. The molecule has 0 aliphatic heterocycles. The number of hydrogen-bond acceptors (Lipinski definition) is 4. The van der Waals surface area contributed by atoms with Crippen LogP contribution >= 0.6 is 11.8 Å². The van der Waals surface area contributed by atoms with E-state index in [1.54, 1.807) is 0 Å². The van der Waals surface area contributed by atoms with E-state index in [1.807, 2.05) is 12.4 Å². The molecule has 5 heteroatoms. The fraction of sp³-hybridized carbons (Fsp3) is 0.800. The molecule has 0 aliphatic carbocycles. The predicted octanol–water partition coefficient (Wildman–Crippen LogP) is 1.51. The number of thioether (sulfide) groups is 1. The van der Waals surface area contributed by atoms with Crippen LogP contribution in [-0.2, 0) is 0 Å². The quantitative estimate of drug-likeness (QED) is 0.335. The van der Waals surface area contributed by atoms with Crippen LogP contribution in [0.5, 0.6) is 0 Å². The Bertz CT molecular complexity index is 230. The van der Waals surface area contributed by atoms with Crippen LogP contribution in [0, 0.1) is 11.5 Å². The molecular formula is C10H20N4S. The van der Waals surface area contributed by atoms with Crippen LogP contribution < -0.4 is 5.32 Å². The Labute approximate surface area is 96.7 Å². The van der Waals surface area contributed by atoms with Gasteiger partial charge in [0.1, 0.15) is 0 Å². The molecule has 0 bridgehead atoms. The van der Waals surface area contributed by atoms with Crippen molar-refractivity contribution in [2.45, 2.75) is 26.8 Å². The summed E-state index contributed by atoms with van der Waals surface area (Å²) < 4.78 is 0. The summed E-state index contributed by atoms with van der Waals surface area (Å²) in [6.07, 6.45) is 3.80. The summed E-state index contributed by atoms with van der Waals surface area (Å²) in [5, 5.41) is 11.8. The van der Waals surface area contributed by atoms with Crippen LogP contribution in [0.15, 0.2) is 4.99 Å². The molecule has 1 unspecified atom stereocenters. The lowest BCUT2D eigenvalue weighted by atomic mass is 10.3. The maximum atomic E-state index is 8.49. The number of nitrogens with zero attached hydrogens (tertiary/aromatic N) is 3.